The van der Waals surface area contributed by atoms with Crippen LogP contribution in [0.5, 0.6) is 5.75 Å². The first-order valence-corrected chi connectivity index (χ1v) is 9.67. The molecule has 28 heavy (non-hydrogen) atoms. The van der Waals surface area contributed by atoms with Gasteiger partial charge in [0.2, 0.25) is 5.91 Å². The molecule has 0 aliphatic rings. The van der Waals surface area contributed by atoms with E-state index in [9.17, 15) is 9.59 Å². The zero-order valence-corrected chi connectivity index (χ0v) is 16.9. The van der Waals surface area contributed by atoms with Crippen molar-refractivity contribution in [3.63, 3.8) is 0 Å². The highest BCUT2D eigenvalue weighted by Gasteiger charge is 2.12. The third kappa shape index (κ3) is 7.80. The Hall–Kier alpha value is -2.86. The molecular weight excluding hydrogens is 354 g/mol. The van der Waals surface area contributed by atoms with Crippen LogP contribution in [0.15, 0.2) is 48.5 Å². The van der Waals surface area contributed by atoms with Gasteiger partial charge in [0.25, 0.3) is 5.91 Å². The molecule has 6 nitrogen and oxygen atoms in total. The third-order valence-electron chi connectivity index (χ3n) is 4.33. The van der Waals surface area contributed by atoms with Gasteiger partial charge in [-0.1, -0.05) is 12.1 Å². The van der Waals surface area contributed by atoms with E-state index in [0.717, 1.165) is 30.9 Å². The molecule has 0 bridgehead atoms. The minimum atomic E-state index is -0.120. The average Bonchev–Trinajstić information content (AvgIpc) is 2.65. The molecule has 2 aromatic rings. The Morgan fingerprint density at radius 3 is 2.32 bits per heavy atom. The number of ether oxygens (including phenoxy) is 1. The molecule has 0 heterocycles. The quantitative estimate of drug-likeness (QED) is 0.550. The fourth-order valence-corrected chi connectivity index (χ4v) is 2.88. The SMILES string of the molecule is CC[NH+](CCCOc1cccc(C)c1)CC(=O)Nc1ccc(NC(C)=O)cc1. The van der Waals surface area contributed by atoms with Crippen LogP contribution in [0.2, 0.25) is 0 Å². The van der Waals surface area contributed by atoms with E-state index >= 15 is 0 Å². The van der Waals surface area contributed by atoms with E-state index in [-0.39, 0.29) is 11.8 Å². The number of hydrogen-bond acceptors (Lipinski definition) is 3. The molecule has 0 spiro atoms. The fraction of sp³-hybridized carbons (Fsp3) is 0.364. The van der Waals surface area contributed by atoms with Crippen molar-refractivity contribution in [3.8, 4) is 5.75 Å². The maximum atomic E-state index is 12.3. The Labute approximate surface area is 166 Å². The van der Waals surface area contributed by atoms with E-state index in [2.05, 4.69) is 17.6 Å². The molecule has 0 aliphatic heterocycles. The zero-order chi connectivity index (χ0) is 20.4. The molecular formula is C22H30N3O3+. The molecule has 150 valence electrons. The van der Waals surface area contributed by atoms with Gasteiger partial charge in [0.1, 0.15) is 5.75 Å². The molecule has 0 fully saturated rings. The minimum absolute atomic E-state index is 0.0243. The molecule has 1 unspecified atom stereocenters. The number of nitrogens with one attached hydrogen (secondary N) is 3. The Kier molecular flexibility index (Phi) is 8.49. The smallest absolute Gasteiger partial charge is 0.279 e. The van der Waals surface area contributed by atoms with Gasteiger partial charge in [0.15, 0.2) is 6.54 Å². The first-order valence-electron chi connectivity index (χ1n) is 9.67. The topological polar surface area (TPSA) is 71.9 Å². The van der Waals surface area contributed by atoms with Gasteiger partial charge >= 0.3 is 0 Å². The molecule has 2 rings (SSSR count). The molecule has 0 saturated carbocycles. The highest BCUT2D eigenvalue weighted by molar-refractivity contribution is 5.92. The standard InChI is InChI=1S/C22H29N3O3/c1-4-25(13-6-14-28-21-8-5-7-17(2)15-21)16-22(27)24-20-11-9-19(10-12-20)23-18(3)26/h5,7-12,15H,4,6,13-14,16H2,1-3H3,(H,23,26)(H,24,27)/p+1. The number of amides is 2. The van der Waals surface area contributed by atoms with Crippen molar-refractivity contribution in [3.05, 3.63) is 54.1 Å². The first-order chi connectivity index (χ1) is 13.5. The van der Waals surface area contributed by atoms with E-state index in [0.29, 0.717) is 18.8 Å². The summed E-state index contributed by atoms with van der Waals surface area (Å²) in [6.07, 6.45) is 0.885. The van der Waals surface area contributed by atoms with Gasteiger partial charge in [0, 0.05) is 24.7 Å². The summed E-state index contributed by atoms with van der Waals surface area (Å²) in [5, 5.41) is 5.61. The summed E-state index contributed by atoms with van der Waals surface area (Å²) in [6.45, 7) is 8.38. The number of benzene rings is 2. The Morgan fingerprint density at radius 2 is 1.71 bits per heavy atom. The van der Waals surface area contributed by atoms with Crippen LogP contribution in [-0.4, -0.2) is 38.1 Å². The third-order valence-corrected chi connectivity index (χ3v) is 4.33. The van der Waals surface area contributed by atoms with Crippen LogP contribution in [0.4, 0.5) is 11.4 Å². The molecule has 0 aliphatic carbocycles. The lowest BCUT2D eigenvalue weighted by Crippen LogP contribution is -3.12. The highest BCUT2D eigenvalue weighted by Crippen LogP contribution is 2.13. The Bertz CT molecular complexity index is 775. The molecule has 0 aromatic heterocycles. The van der Waals surface area contributed by atoms with Crippen molar-refractivity contribution in [2.45, 2.75) is 27.2 Å². The van der Waals surface area contributed by atoms with E-state index in [4.69, 9.17) is 4.74 Å². The van der Waals surface area contributed by atoms with E-state index < -0.39 is 0 Å². The first kappa shape index (κ1) is 21.4. The van der Waals surface area contributed by atoms with Crippen LogP contribution in [0.1, 0.15) is 25.8 Å². The molecule has 0 radical (unpaired) electrons. The van der Waals surface area contributed by atoms with Gasteiger partial charge in [-0.25, -0.2) is 0 Å². The lowest BCUT2D eigenvalue weighted by Gasteiger charge is -2.17. The van der Waals surface area contributed by atoms with Gasteiger partial charge in [0.05, 0.1) is 19.7 Å². The summed E-state index contributed by atoms with van der Waals surface area (Å²) in [5.74, 6) is 0.743. The van der Waals surface area contributed by atoms with Crippen molar-refractivity contribution in [1.29, 1.82) is 0 Å². The Morgan fingerprint density at radius 1 is 1.04 bits per heavy atom. The number of carbonyl (C=O) groups excluding carboxylic acids is 2. The summed E-state index contributed by atoms with van der Waals surface area (Å²) in [6, 6.07) is 15.1. The molecule has 2 amide bonds. The predicted octanol–water partition coefficient (Wildman–Crippen LogP) is 2.27. The lowest BCUT2D eigenvalue weighted by atomic mass is 10.2. The zero-order valence-electron chi connectivity index (χ0n) is 16.9. The molecule has 6 heteroatoms. The van der Waals surface area contributed by atoms with Crippen LogP contribution in [0, 0.1) is 6.92 Å². The number of aryl methyl sites for hydroxylation is 1. The maximum absolute atomic E-state index is 12.3. The average molecular weight is 385 g/mol. The highest BCUT2D eigenvalue weighted by atomic mass is 16.5. The van der Waals surface area contributed by atoms with Crippen LogP contribution >= 0.6 is 0 Å². The van der Waals surface area contributed by atoms with Crippen LogP contribution in [-0.2, 0) is 9.59 Å². The Balaban J connectivity index is 1.72. The second kappa shape index (κ2) is 11.1. The van der Waals surface area contributed by atoms with Crippen LogP contribution < -0.4 is 20.3 Å². The van der Waals surface area contributed by atoms with Crippen molar-refractivity contribution in [1.82, 2.24) is 0 Å². The van der Waals surface area contributed by atoms with E-state index in [1.165, 1.54) is 17.4 Å². The largest absolute Gasteiger partial charge is 0.493 e. The van der Waals surface area contributed by atoms with Crippen LogP contribution in [0.25, 0.3) is 0 Å². The maximum Gasteiger partial charge on any atom is 0.279 e. The predicted molar refractivity (Wildman–Crippen MR) is 112 cm³/mol. The molecule has 1 atom stereocenters. The van der Waals surface area contributed by atoms with E-state index in [1.807, 2.05) is 31.2 Å². The van der Waals surface area contributed by atoms with Crippen molar-refractivity contribution < 1.29 is 19.2 Å². The lowest BCUT2D eigenvalue weighted by molar-refractivity contribution is -0.890. The fourth-order valence-electron chi connectivity index (χ4n) is 2.88. The summed E-state index contributed by atoms with van der Waals surface area (Å²) >= 11 is 0. The van der Waals surface area contributed by atoms with E-state index in [1.54, 1.807) is 24.3 Å². The summed E-state index contributed by atoms with van der Waals surface area (Å²) in [4.78, 5) is 24.6. The van der Waals surface area contributed by atoms with Crippen molar-refractivity contribution >= 4 is 23.2 Å². The summed E-state index contributed by atoms with van der Waals surface area (Å²) in [7, 11) is 0. The number of quaternary nitrogens is 1. The molecule has 3 N–H and O–H groups in total. The van der Waals surface area contributed by atoms with Gasteiger partial charge < -0.3 is 20.3 Å². The van der Waals surface area contributed by atoms with Gasteiger partial charge in [-0.15, -0.1) is 0 Å². The molecule has 2 aromatic carbocycles. The number of likely N-dealkylation sites (N-methyl/N-ethyl adjacent to an activating group) is 1. The number of anilines is 2. The normalized spacial score (nSPS) is 11.5. The minimum Gasteiger partial charge on any atom is -0.493 e. The number of hydrogen-bond donors (Lipinski definition) is 3. The van der Waals surface area contributed by atoms with Gasteiger partial charge in [-0.05, 0) is 55.8 Å². The second-order valence-electron chi connectivity index (χ2n) is 6.86. The second-order valence-corrected chi connectivity index (χ2v) is 6.86. The van der Waals surface area contributed by atoms with Crippen molar-refractivity contribution in [2.75, 3.05) is 36.9 Å². The number of carbonyl (C=O) groups is 2. The summed E-state index contributed by atoms with van der Waals surface area (Å²) < 4.78 is 5.78. The molecule has 0 saturated heterocycles. The van der Waals surface area contributed by atoms with Crippen LogP contribution in [0.3, 0.4) is 0 Å². The van der Waals surface area contributed by atoms with Gasteiger partial charge in [-0.3, -0.25) is 9.59 Å². The monoisotopic (exact) mass is 384 g/mol. The summed E-state index contributed by atoms with van der Waals surface area (Å²) in [5.41, 5.74) is 2.61. The van der Waals surface area contributed by atoms with Crippen molar-refractivity contribution in [2.24, 2.45) is 0 Å². The van der Waals surface area contributed by atoms with Gasteiger partial charge in [-0.2, -0.15) is 0 Å². The number of rotatable bonds is 10.